The van der Waals surface area contributed by atoms with Gasteiger partial charge in [0, 0.05) is 56.4 Å². The molecule has 1 aromatic carbocycles. The lowest BCUT2D eigenvalue weighted by Crippen LogP contribution is -2.74. The van der Waals surface area contributed by atoms with E-state index in [-0.39, 0.29) is 70.3 Å². The Labute approximate surface area is 269 Å². The van der Waals surface area contributed by atoms with E-state index in [0.29, 0.717) is 5.57 Å². The maximum Gasteiger partial charge on any atom is 0.354 e. The molecule has 240 valence electrons. The monoisotopic (exact) mass is 636 g/mol. The largest absolute Gasteiger partial charge is 0.492 e. The highest BCUT2D eigenvalue weighted by Gasteiger charge is 2.60. The summed E-state index contributed by atoms with van der Waals surface area (Å²) in [5, 5.41) is 11.5. The Morgan fingerprint density at radius 3 is 2.13 bits per heavy atom. The standard InChI is InChI=1S/C35H32N4O8/c1-15-29(40)18-12-23-28-27-19(30(41)16(2)34(46-5)32(27)43)11-22(38(28)3)24(13-36)39(23)25(26(18)31(42)33(15)45-4)14-47-35(44)21-10-17-8-6-7-9-20(17)37-21/h6-10,22-25,28,37H,11-12,14H2,1-5H3/t22-,23-,24-,25-,28-/m0/s1. The Bertz CT molecular complexity index is 1970. The van der Waals surface area contributed by atoms with Gasteiger partial charge in [-0.2, -0.15) is 5.26 Å². The number of piperazine rings is 1. The number of nitriles is 1. The molecule has 5 atom stereocenters. The van der Waals surface area contributed by atoms with Gasteiger partial charge in [-0.1, -0.05) is 18.2 Å². The first-order valence-electron chi connectivity index (χ1n) is 15.3. The van der Waals surface area contributed by atoms with Crippen molar-refractivity contribution in [3.05, 3.63) is 81.0 Å². The molecular formula is C35H32N4O8. The number of nitrogens with one attached hydrogen (secondary N) is 1. The normalized spacial score (nSPS) is 28.0. The number of carbonyl (C=O) groups excluding carboxylic acids is 5. The van der Waals surface area contributed by atoms with Gasteiger partial charge in [0.05, 0.1) is 32.4 Å². The van der Waals surface area contributed by atoms with E-state index in [9.17, 15) is 29.2 Å². The minimum absolute atomic E-state index is 0.0177. The van der Waals surface area contributed by atoms with E-state index in [4.69, 9.17) is 14.2 Å². The fraction of sp³-hybridized carbons (Fsp3) is 0.371. The second-order valence-corrected chi connectivity index (χ2v) is 12.5. The van der Waals surface area contributed by atoms with Crippen LogP contribution in [0.3, 0.4) is 0 Å². The van der Waals surface area contributed by atoms with Gasteiger partial charge in [0.25, 0.3) is 0 Å². The number of para-hydroxylation sites is 1. The molecule has 2 aromatic rings. The zero-order chi connectivity index (χ0) is 33.5. The number of nitrogens with zero attached hydrogens (tertiary/aromatic N) is 3. The highest BCUT2D eigenvalue weighted by Crippen LogP contribution is 2.49. The molecule has 2 bridgehead atoms. The molecule has 12 heteroatoms. The number of esters is 1. The number of Topliss-reactive ketones (excluding diaryl/α,β-unsaturated/α-hetero) is 4. The first-order chi connectivity index (χ1) is 22.5. The smallest absolute Gasteiger partial charge is 0.354 e. The van der Waals surface area contributed by atoms with Crippen LogP contribution in [0.4, 0.5) is 0 Å². The lowest BCUT2D eigenvalue weighted by atomic mass is 9.67. The lowest BCUT2D eigenvalue weighted by molar-refractivity contribution is -0.126. The number of aromatic amines is 1. The third-order valence-corrected chi connectivity index (χ3v) is 10.3. The predicted octanol–water partition coefficient (Wildman–Crippen LogP) is 2.48. The fourth-order valence-electron chi connectivity index (χ4n) is 8.19. The van der Waals surface area contributed by atoms with Gasteiger partial charge in [0.1, 0.15) is 18.3 Å². The third-order valence-electron chi connectivity index (χ3n) is 10.3. The van der Waals surface area contributed by atoms with Crippen molar-refractivity contribution in [1.82, 2.24) is 14.8 Å². The summed E-state index contributed by atoms with van der Waals surface area (Å²) in [4.78, 5) is 75.6. The van der Waals surface area contributed by atoms with Gasteiger partial charge in [-0.3, -0.25) is 29.0 Å². The molecule has 4 heterocycles. The number of hydrogen-bond acceptors (Lipinski definition) is 11. The zero-order valence-corrected chi connectivity index (χ0v) is 26.5. The summed E-state index contributed by atoms with van der Waals surface area (Å²) in [7, 11) is 4.45. The summed E-state index contributed by atoms with van der Waals surface area (Å²) in [6.45, 7) is 2.71. The SMILES string of the molecule is COC1=C(C)C(=O)C2=C(C1=O)[C@@H]1[C@@H]3CC4=C(C(=O)C(OC)=C(C)C4=O)[C@H](COC(=O)c4cc5ccccc5[nH]4)N3[C@@H](C#N)[C@H](C2)N1C. The zero-order valence-electron chi connectivity index (χ0n) is 26.5. The van der Waals surface area contributed by atoms with Gasteiger partial charge in [0.15, 0.2) is 23.1 Å². The number of likely N-dealkylation sites (N-methyl/N-ethyl adjacent to an activating group) is 1. The average molecular weight is 637 g/mol. The number of rotatable bonds is 5. The Balaban J connectivity index is 1.35. The first kappa shape index (κ1) is 30.5. The first-order valence-corrected chi connectivity index (χ1v) is 15.3. The summed E-state index contributed by atoms with van der Waals surface area (Å²) >= 11 is 0. The topological polar surface area (TPSA) is 159 Å². The summed E-state index contributed by atoms with van der Waals surface area (Å²) < 4.78 is 16.6. The summed E-state index contributed by atoms with van der Waals surface area (Å²) in [6, 6.07) is 7.53. The molecule has 0 radical (unpaired) electrons. The predicted molar refractivity (Wildman–Crippen MR) is 165 cm³/mol. The molecule has 1 fully saturated rings. The number of H-pyrrole nitrogens is 1. The van der Waals surface area contributed by atoms with E-state index < -0.39 is 53.5 Å². The van der Waals surface area contributed by atoms with Crippen LogP contribution in [0, 0.1) is 11.3 Å². The van der Waals surface area contributed by atoms with E-state index in [0.717, 1.165) is 10.9 Å². The van der Waals surface area contributed by atoms with Crippen molar-refractivity contribution in [2.45, 2.75) is 56.9 Å². The number of hydrogen-bond donors (Lipinski definition) is 1. The molecule has 2 aliphatic carbocycles. The molecule has 0 amide bonds. The number of fused-ring (bicyclic) bond motifs is 6. The Kier molecular flexibility index (Phi) is 7.15. The quantitative estimate of drug-likeness (QED) is 0.380. The van der Waals surface area contributed by atoms with Crippen molar-refractivity contribution < 1.29 is 38.2 Å². The van der Waals surface area contributed by atoms with Crippen LogP contribution in [0.1, 0.15) is 37.2 Å². The number of aromatic nitrogens is 1. The van der Waals surface area contributed by atoms with Crippen LogP contribution in [0.2, 0.25) is 0 Å². The molecule has 12 nitrogen and oxygen atoms in total. The molecule has 1 aromatic heterocycles. The van der Waals surface area contributed by atoms with Gasteiger partial charge in [-0.05, 0) is 45.9 Å². The molecule has 47 heavy (non-hydrogen) atoms. The number of carbonyl (C=O) groups is 5. The minimum Gasteiger partial charge on any atom is -0.492 e. The van der Waals surface area contributed by atoms with E-state index in [1.54, 1.807) is 20.0 Å². The van der Waals surface area contributed by atoms with Gasteiger partial charge in [0.2, 0.25) is 11.6 Å². The van der Waals surface area contributed by atoms with Crippen LogP contribution in [0.15, 0.2) is 75.3 Å². The average Bonchev–Trinajstić information content (AvgIpc) is 3.50. The van der Waals surface area contributed by atoms with Crippen LogP contribution < -0.4 is 0 Å². The Hall–Kier alpha value is -5.12. The Morgan fingerprint density at radius 1 is 0.915 bits per heavy atom. The molecule has 3 aliphatic heterocycles. The maximum absolute atomic E-state index is 14.0. The van der Waals surface area contributed by atoms with Crippen LogP contribution >= 0.6 is 0 Å². The fourth-order valence-corrected chi connectivity index (χ4v) is 8.19. The lowest BCUT2D eigenvalue weighted by Gasteiger charge is -2.60. The number of ether oxygens (including phenoxy) is 3. The summed E-state index contributed by atoms with van der Waals surface area (Å²) in [5.41, 5.74) is 2.22. The molecule has 5 aliphatic rings. The number of methoxy groups -OCH3 is 2. The molecule has 0 saturated carbocycles. The van der Waals surface area contributed by atoms with Crippen molar-refractivity contribution in [3.8, 4) is 6.07 Å². The summed E-state index contributed by atoms with van der Waals surface area (Å²) in [5.74, 6) is -2.47. The van der Waals surface area contributed by atoms with E-state index in [1.807, 2.05) is 34.1 Å². The van der Waals surface area contributed by atoms with Crippen LogP contribution in [0.5, 0.6) is 0 Å². The molecule has 0 spiro atoms. The van der Waals surface area contributed by atoms with E-state index in [2.05, 4.69) is 11.1 Å². The second-order valence-electron chi connectivity index (χ2n) is 12.5. The van der Waals surface area contributed by atoms with Crippen molar-refractivity contribution in [2.75, 3.05) is 27.9 Å². The molecule has 1 saturated heterocycles. The summed E-state index contributed by atoms with van der Waals surface area (Å²) in [6.07, 6.45) is 0.134. The Morgan fingerprint density at radius 2 is 1.51 bits per heavy atom. The third kappa shape index (κ3) is 4.23. The highest BCUT2D eigenvalue weighted by molar-refractivity contribution is 6.26. The number of allylic oxidation sites excluding steroid dienone is 4. The van der Waals surface area contributed by atoms with Gasteiger partial charge >= 0.3 is 5.97 Å². The molecule has 1 N–H and O–H groups in total. The second kappa shape index (κ2) is 11.0. The number of benzene rings is 1. The molecule has 7 rings (SSSR count). The van der Waals surface area contributed by atoms with Crippen LogP contribution in [-0.2, 0) is 33.4 Å². The van der Waals surface area contributed by atoms with Crippen molar-refractivity contribution in [3.63, 3.8) is 0 Å². The van der Waals surface area contributed by atoms with Crippen molar-refractivity contribution in [1.29, 1.82) is 5.26 Å². The van der Waals surface area contributed by atoms with Crippen LogP contribution in [-0.4, -0.2) is 102 Å². The van der Waals surface area contributed by atoms with Crippen molar-refractivity contribution >= 4 is 40.0 Å². The number of ketones is 4. The van der Waals surface area contributed by atoms with Gasteiger partial charge in [-0.25, -0.2) is 4.79 Å². The van der Waals surface area contributed by atoms with Crippen LogP contribution in [0.25, 0.3) is 10.9 Å². The minimum atomic E-state index is -1.02. The maximum atomic E-state index is 14.0. The molecule has 0 unspecified atom stereocenters. The van der Waals surface area contributed by atoms with E-state index in [1.165, 1.54) is 21.1 Å². The van der Waals surface area contributed by atoms with Crippen molar-refractivity contribution in [2.24, 2.45) is 0 Å². The highest BCUT2D eigenvalue weighted by atomic mass is 16.5. The van der Waals surface area contributed by atoms with E-state index >= 15 is 0 Å². The van der Waals surface area contributed by atoms with Gasteiger partial charge in [-0.15, -0.1) is 0 Å². The van der Waals surface area contributed by atoms with Gasteiger partial charge < -0.3 is 19.2 Å². The molecular weight excluding hydrogens is 604 g/mol.